The number of ether oxygens (including phenoxy) is 1. The molecule has 8 heteroatoms. The molecular formula is C8H8F3IN2O2. The summed E-state index contributed by atoms with van der Waals surface area (Å²) in [5, 5.41) is 8.95. The van der Waals surface area contributed by atoms with Crippen molar-refractivity contribution in [2.45, 2.75) is 19.5 Å². The SMILES string of the molecule is NCc1cc(CO)c(I)c(OC(F)(F)F)n1. The van der Waals surface area contributed by atoms with Crippen LogP contribution in [0, 0.1) is 3.57 Å². The molecule has 0 spiro atoms. The molecule has 3 N–H and O–H groups in total. The van der Waals surface area contributed by atoms with Crippen LogP contribution < -0.4 is 10.5 Å². The van der Waals surface area contributed by atoms with E-state index >= 15 is 0 Å². The third-order valence-corrected chi connectivity index (χ3v) is 2.80. The van der Waals surface area contributed by atoms with Crippen molar-refractivity contribution in [1.82, 2.24) is 4.98 Å². The van der Waals surface area contributed by atoms with Gasteiger partial charge in [0.15, 0.2) is 0 Å². The number of rotatable bonds is 3. The minimum Gasteiger partial charge on any atom is -0.392 e. The predicted molar refractivity (Wildman–Crippen MR) is 57.5 cm³/mol. The molecule has 0 aliphatic rings. The van der Waals surface area contributed by atoms with Crippen LogP contribution in [0.15, 0.2) is 6.07 Å². The minimum atomic E-state index is -4.81. The Labute approximate surface area is 103 Å². The maximum Gasteiger partial charge on any atom is 0.574 e. The van der Waals surface area contributed by atoms with Crippen LogP contribution in [0.3, 0.4) is 0 Å². The van der Waals surface area contributed by atoms with E-state index in [1.807, 2.05) is 0 Å². The molecule has 90 valence electrons. The zero-order valence-electron chi connectivity index (χ0n) is 7.88. The average molecular weight is 348 g/mol. The van der Waals surface area contributed by atoms with Gasteiger partial charge in [0.05, 0.1) is 15.9 Å². The van der Waals surface area contributed by atoms with Crippen molar-refractivity contribution in [2.75, 3.05) is 0 Å². The number of pyridine rings is 1. The van der Waals surface area contributed by atoms with Crippen LogP contribution in [0.2, 0.25) is 0 Å². The monoisotopic (exact) mass is 348 g/mol. The van der Waals surface area contributed by atoms with E-state index in [9.17, 15) is 13.2 Å². The molecule has 0 atom stereocenters. The van der Waals surface area contributed by atoms with E-state index in [0.717, 1.165) is 0 Å². The van der Waals surface area contributed by atoms with Crippen molar-refractivity contribution in [3.05, 3.63) is 20.9 Å². The lowest BCUT2D eigenvalue weighted by Crippen LogP contribution is -2.20. The molecule has 0 aliphatic carbocycles. The summed E-state index contributed by atoms with van der Waals surface area (Å²) in [7, 11) is 0. The van der Waals surface area contributed by atoms with Gasteiger partial charge in [0.2, 0.25) is 5.88 Å². The average Bonchev–Trinajstić information content (AvgIpc) is 2.19. The summed E-state index contributed by atoms with van der Waals surface area (Å²) in [6, 6.07) is 1.44. The summed E-state index contributed by atoms with van der Waals surface area (Å²) in [5.74, 6) is -0.583. The Bertz CT molecular complexity index is 384. The Kier molecular flexibility index (Phi) is 4.33. The first-order valence-electron chi connectivity index (χ1n) is 4.12. The van der Waals surface area contributed by atoms with Crippen molar-refractivity contribution >= 4 is 22.6 Å². The number of aliphatic hydroxyl groups excluding tert-OH is 1. The first kappa shape index (κ1) is 13.5. The fourth-order valence-corrected chi connectivity index (χ4v) is 1.57. The van der Waals surface area contributed by atoms with Crippen LogP contribution in [0.5, 0.6) is 5.88 Å². The van der Waals surface area contributed by atoms with Gasteiger partial charge in [0.25, 0.3) is 0 Å². The standard InChI is InChI=1S/C8H8F3IN2O2/c9-8(10,11)16-7-6(12)4(3-15)1-5(2-13)14-7/h1,15H,2-3,13H2. The van der Waals surface area contributed by atoms with Gasteiger partial charge < -0.3 is 15.6 Å². The zero-order chi connectivity index (χ0) is 12.3. The quantitative estimate of drug-likeness (QED) is 0.814. The van der Waals surface area contributed by atoms with Gasteiger partial charge in [-0.15, -0.1) is 13.2 Å². The van der Waals surface area contributed by atoms with Gasteiger partial charge in [-0.05, 0) is 34.2 Å². The van der Waals surface area contributed by atoms with Crippen LogP contribution >= 0.6 is 22.6 Å². The second-order valence-electron chi connectivity index (χ2n) is 2.80. The molecular weight excluding hydrogens is 340 g/mol. The summed E-state index contributed by atoms with van der Waals surface area (Å²) in [5.41, 5.74) is 5.80. The Balaban J connectivity index is 3.16. The number of halogens is 4. The number of nitrogens with zero attached hydrogens (tertiary/aromatic N) is 1. The van der Waals surface area contributed by atoms with Gasteiger partial charge in [-0.3, -0.25) is 0 Å². The van der Waals surface area contributed by atoms with Gasteiger partial charge in [-0.25, -0.2) is 4.98 Å². The van der Waals surface area contributed by atoms with Gasteiger partial charge in [0, 0.05) is 6.54 Å². The lowest BCUT2D eigenvalue weighted by molar-refractivity contribution is -0.276. The second-order valence-corrected chi connectivity index (χ2v) is 3.88. The Morgan fingerprint density at radius 2 is 2.12 bits per heavy atom. The normalized spacial score (nSPS) is 11.6. The maximum atomic E-state index is 12.0. The van der Waals surface area contributed by atoms with E-state index < -0.39 is 18.8 Å². The van der Waals surface area contributed by atoms with Crippen LogP contribution in [0.4, 0.5) is 13.2 Å². The highest BCUT2D eigenvalue weighted by atomic mass is 127. The van der Waals surface area contributed by atoms with E-state index in [0.29, 0.717) is 5.56 Å². The van der Waals surface area contributed by atoms with Crippen LogP contribution in [0.25, 0.3) is 0 Å². The topological polar surface area (TPSA) is 68.4 Å². The van der Waals surface area contributed by atoms with Crippen LogP contribution in [0.1, 0.15) is 11.3 Å². The lowest BCUT2D eigenvalue weighted by atomic mass is 10.2. The van der Waals surface area contributed by atoms with Crippen molar-refractivity contribution < 1.29 is 23.0 Å². The zero-order valence-corrected chi connectivity index (χ0v) is 10.0. The molecule has 1 rings (SSSR count). The number of nitrogens with two attached hydrogens (primary N) is 1. The van der Waals surface area contributed by atoms with E-state index in [4.69, 9.17) is 10.8 Å². The van der Waals surface area contributed by atoms with Gasteiger partial charge in [0.1, 0.15) is 0 Å². The molecule has 16 heavy (non-hydrogen) atoms. The number of aliphatic hydroxyl groups is 1. The molecule has 0 saturated carbocycles. The first-order valence-corrected chi connectivity index (χ1v) is 5.20. The predicted octanol–water partition coefficient (Wildman–Crippen LogP) is 1.54. The third kappa shape index (κ3) is 3.46. The Hall–Kier alpha value is -0.610. The van der Waals surface area contributed by atoms with Crippen molar-refractivity contribution in [2.24, 2.45) is 5.73 Å². The first-order chi connectivity index (χ1) is 7.37. The van der Waals surface area contributed by atoms with Gasteiger partial charge in [-0.2, -0.15) is 0 Å². The molecule has 1 heterocycles. The summed E-state index contributed by atoms with van der Waals surface area (Å²) in [6.45, 7) is -0.430. The molecule has 4 nitrogen and oxygen atoms in total. The highest BCUT2D eigenvalue weighted by Crippen LogP contribution is 2.28. The largest absolute Gasteiger partial charge is 0.574 e. The van der Waals surface area contributed by atoms with E-state index in [-0.39, 0.29) is 15.8 Å². The number of hydrogen-bond donors (Lipinski definition) is 2. The fourth-order valence-electron chi connectivity index (χ4n) is 1.01. The summed E-state index contributed by atoms with van der Waals surface area (Å²) in [6.07, 6.45) is -4.81. The molecule has 1 aromatic heterocycles. The molecule has 0 saturated heterocycles. The molecule has 0 fully saturated rings. The molecule has 0 amide bonds. The highest BCUT2D eigenvalue weighted by Gasteiger charge is 2.33. The molecule has 0 unspecified atom stereocenters. The van der Waals surface area contributed by atoms with Gasteiger partial charge in [-0.1, -0.05) is 0 Å². The molecule has 0 bridgehead atoms. The summed E-state index contributed by atoms with van der Waals surface area (Å²) < 4.78 is 40.0. The highest BCUT2D eigenvalue weighted by molar-refractivity contribution is 14.1. The van der Waals surface area contributed by atoms with Crippen molar-refractivity contribution in [3.8, 4) is 5.88 Å². The summed E-state index contributed by atoms with van der Waals surface area (Å²) >= 11 is 1.63. The fraction of sp³-hybridized carbons (Fsp3) is 0.375. The third-order valence-electron chi connectivity index (χ3n) is 1.65. The lowest BCUT2D eigenvalue weighted by Gasteiger charge is -2.12. The Morgan fingerprint density at radius 3 is 2.56 bits per heavy atom. The number of alkyl halides is 3. The van der Waals surface area contributed by atoms with Crippen molar-refractivity contribution in [3.63, 3.8) is 0 Å². The molecule has 0 aliphatic heterocycles. The van der Waals surface area contributed by atoms with E-state index in [1.54, 1.807) is 22.6 Å². The smallest absolute Gasteiger partial charge is 0.392 e. The summed E-state index contributed by atoms with van der Waals surface area (Å²) in [4.78, 5) is 3.60. The van der Waals surface area contributed by atoms with Crippen LogP contribution in [-0.4, -0.2) is 16.5 Å². The number of hydrogen-bond acceptors (Lipinski definition) is 4. The Morgan fingerprint density at radius 1 is 1.50 bits per heavy atom. The van der Waals surface area contributed by atoms with Crippen molar-refractivity contribution in [1.29, 1.82) is 0 Å². The molecule has 0 aromatic carbocycles. The van der Waals surface area contributed by atoms with E-state index in [1.165, 1.54) is 6.07 Å². The number of aromatic nitrogens is 1. The molecule has 1 aromatic rings. The molecule has 0 radical (unpaired) electrons. The van der Waals surface area contributed by atoms with E-state index in [2.05, 4.69) is 9.72 Å². The minimum absolute atomic E-state index is 0.0296. The van der Waals surface area contributed by atoms with Gasteiger partial charge >= 0.3 is 6.36 Å². The van der Waals surface area contributed by atoms with Crippen LogP contribution in [-0.2, 0) is 13.2 Å². The maximum absolute atomic E-state index is 12.0. The second kappa shape index (κ2) is 5.15.